The molecule has 0 radical (unpaired) electrons. The van der Waals surface area contributed by atoms with Gasteiger partial charge in [0, 0.05) is 12.6 Å². The first kappa shape index (κ1) is 16.8. The first-order valence-electron chi connectivity index (χ1n) is 8.96. The number of rotatable bonds is 3. The number of aromatic carboxylic acids is 1. The third-order valence-electron chi connectivity index (χ3n) is 5.14. The zero-order chi connectivity index (χ0) is 18.1. The van der Waals surface area contributed by atoms with E-state index in [9.17, 15) is 14.7 Å². The van der Waals surface area contributed by atoms with Crippen molar-refractivity contribution in [2.24, 2.45) is 0 Å². The molecule has 0 bridgehead atoms. The molecule has 2 aliphatic rings. The Morgan fingerprint density at radius 2 is 1.92 bits per heavy atom. The predicted octanol–water partition coefficient (Wildman–Crippen LogP) is 2.35. The van der Waals surface area contributed by atoms with E-state index in [1.54, 1.807) is 12.1 Å². The molecule has 0 spiro atoms. The van der Waals surface area contributed by atoms with Crippen LogP contribution in [0.1, 0.15) is 46.7 Å². The maximum absolute atomic E-state index is 13.3. The SMILES string of the molecule is O=C(O)c1cc(C(=O)N2CCO[C@H]3CCCC[C@@H]32)n(-c2ccccc2)n1. The molecule has 2 aromatic rings. The summed E-state index contributed by atoms with van der Waals surface area (Å²) in [6.45, 7) is 1.03. The minimum atomic E-state index is -1.15. The highest BCUT2D eigenvalue weighted by atomic mass is 16.5. The van der Waals surface area contributed by atoms with Crippen LogP contribution in [0.2, 0.25) is 0 Å². The summed E-state index contributed by atoms with van der Waals surface area (Å²) in [5.74, 6) is -1.33. The minimum absolute atomic E-state index is 0.0531. The molecule has 7 nitrogen and oxygen atoms in total. The zero-order valence-electron chi connectivity index (χ0n) is 14.4. The summed E-state index contributed by atoms with van der Waals surface area (Å²) in [4.78, 5) is 26.5. The lowest BCUT2D eigenvalue weighted by Crippen LogP contribution is -2.55. The molecule has 1 aliphatic heterocycles. The smallest absolute Gasteiger partial charge is 0.356 e. The summed E-state index contributed by atoms with van der Waals surface area (Å²) < 4.78 is 7.28. The van der Waals surface area contributed by atoms with E-state index in [1.807, 2.05) is 23.1 Å². The molecule has 2 heterocycles. The molecular formula is C19H21N3O4. The maximum Gasteiger partial charge on any atom is 0.356 e. The van der Waals surface area contributed by atoms with Gasteiger partial charge in [-0.3, -0.25) is 4.79 Å². The van der Waals surface area contributed by atoms with Gasteiger partial charge in [0.05, 0.1) is 24.4 Å². The van der Waals surface area contributed by atoms with Crippen molar-refractivity contribution in [3.8, 4) is 5.69 Å². The van der Waals surface area contributed by atoms with Gasteiger partial charge in [-0.25, -0.2) is 9.48 Å². The van der Waals surface area contributed by atoms with Crippen LogP contribution < -0.4 is 0 Å². The Morgan fingerprint density at radius 1 is 1.15 bits per heavy atom. The van der Waals surface area contributed by atoms with Crippen molar-refractivity contribution in [3.05, 3.63) is 47.8 Å². The fraction of sp³-hybridized carbons (Fsp3) is 0.421. The van der Waals surface area contributed by atoms with Gasteiger partial charge in [0.25, 0.3) is 5.91 Å². The highest BCUT2D eigenvalue weighted by Crippen LogP contribution is 2.30. The number of hydrogen-bond acceptors (Lipinski definition) is 4. The molecule has 1 amide bonds. The molecule has 1 aromatic heterocycles. The minimum Gasteiger partial charge on any atom is -0.476 e. The lowest BCUT2D eigenvalue weighted by molar-refractivity contribution is -0.0754. The van der Waals surface area contributed by atoms with Crippen molar-refractivity contribution in [1.82, 2.24) is 14.7 Å². The summed E-state index contributed by atoms with van der Waals surface area (Å²) in [6, 6.07) is 10.6. The van der Waals surface area contributed by atoms with Crippen LogP contribution in [-0.2, 0) is 4.74 Å². The molecule has 1 aliphatic carbocycles. The van der Waals surface area contributed by atoms with Crippen LogP contribution in [0, 0.1) is 0 Å². The molecule has 1 saturated heterocycles. The van der Waals surface area contributed by atoms with Crippen LogP contribution in [-0.4, -0.2) is 57.0 Å². The number of hydrogen-bond donors (Lipinski definition) is 1. The number of para-hydroxylation sites is 1. The van der Waals surface area contributed by atoms with E-state index in [0.717, 1.165) is 25.7 Å². The van der Waals surface area contributed by atoms with Gasteiger partial charge in [-0.1, -0.05) is 31.0 Å². The Kier molecular flexibility index (Phi) is 4.46. The molecule has 136 valence electrons. The van der Waals surface area contributed by atoms with Gasteiger partial charge in [-0.2, -0.15) is 5.10 Å². The summed E-state index contributed by atoms with van der Waals surface area (Å²) in [6.07, 6.45) is 4.16. The third kappa shape index (κ3) is 2.99. The van der Waals surface area contributed by atoms with E-state index in [1.165, 1.54) is 10.7 Å². The Bertz CT molecular complexity index is 815. The topological polar surface area (TPSA) is 84.7 Å². The van der Waals surface area contributed by atoms with Gasteiger partial charge < -0.3 is 14.7 Å². The molecular weight excluding hydrogens is 334 g/mol. The second kappa shape index (κ2) is 6.92. The van der Waals surface area contributed by atoms with E-state index < -0.39 is 5.97 Å². The van der Waals surface area contributed by atoms with Crippen LogP contribution in [0.15, 0.2) is 36.4 Å². The second-order valence-corrected chi connectivity index (χ2v) is 6.73. The second-order valence-electron chi connectivity index (χ2n) is 6.73. The Labute approximate surface area is 151 Å². The van der Waals surface area contributed by atoms with E-state index >= 15 is 0 Å². The molecule has 2 fully saturated rings. The van der Waals surface area contributed by atoms with Crippen molar-refractivity contribution in [2.45, 2.75) is 37.8 Å². The van der Waals surface area contributed by atoms with Crippen LogP contribution in [0.4, 0.5) is 0 Å². The number of benzene rings is 1. The van der Waals surface area contributed by atoms with Crippen molar-refractivity contribution in [1.29, 1.82) is 0 Å². The van der Waals surface area contributed by atoms with Gasteiger partial charge in [0.15, 0.2) is 5.69 Å². The number of ether oxygens (including phenoxy) is 1. The van der Waals surface area contributed by atoms with Crippen molar-refractivity contribution in [2.75, 3.05) is 13.2 Å². The van der Waals surface area contributed by atoms with Crippen molar-refractivity contribution >= 4 is 11.9 Å². The zero-order valence-corrected chi connectivity index (χ0v) is 14.4. The number of morpholine rings is 1. The van der Waals surface area contributed by atoms with Crippen LogP contribution >= 0.6 is 0 Å². The van der Waals surface area contributed by atoms with E-state index in [4.69, 9.17) is 4.74 Å². The van der Waals surface area contributed by atoms with E-state index in [2.05, 4.69) is 5.10 Å². The summed E-state index contributed by atoms with van der Waals surface area (Å²) in [7, 11) is 0. The molecule has 0 unspecified atom stereocenters. The molecule has 2 atom stereocenters. The normalized spacial score (nSPS) is 22.7. The first-order chi connectivity index (χ1) is 12.6. The lowest BCUT2D eigenvalue weighted by atomic mass is 9.90. The van der Waals surface area contributed by atoms with Crippen LogP contribution in [0.3, 0.4) is 0 Å². The molecule has 7 heteroatoms. The molecule has 26 heavy (non-hydrogen) atoms. The Morgan fingerprint density at radius 3 is 2.69 bits per heavy atom. The maximum atomic E-state index is 13.3. The largest absolute Gasteiger partial charge is 0.476 e. The first-order valence-corrected chi connectivity index (χ1v) is 8.96. The highest BCUT2D eigenvalue weighted by Gasteiger charge is 2.38. The van der Waals surface area contributed by atoms with Crippen LogP contribution in [0.25, 0.3) is 5.69 Å². The number of nitrogens with zero attached hydrogens (tertiary/aromatic N) is 3. The average Bonchev–Trinajstić information content (AvgIpc) is 3.13. The third-order valence-corrected chi connectivity index (χ3v) is 5.14. The quantitative estimate of drug-likeness (QED) is 0.914. The molecule has 1 aromatic carbocycles. The van der Waals surface area contributed by atoms with Crippen molar-refractivity contribution < 1.29 is 19.4 Å². The molecule has 1 N–H and O–H groups in total. The van der Waals surface area contributed by atoms with E-state index in [0.29, 0.717) is 18.8 Å². The standard InChI is InChI=1S/C19H21N3O4/c23-18(21-10-11-26-17-9-5-4-8-15(17)21)16-12-14(19(24)25)20-22(16)13-6-2-1-3-7-13/h1-3,6-7,12,15,17H,4-5,8-11H2,(H,24,25)/t15-,17-/m0/s1. The average molecular weight is 355 g/mol. The fourth-order valence-corrected chi connectivity index (χ4v) is 3.90. The van der Waals surface area contributed by atoms with E-state index in [-0.39, 0.29) is 29.4 Å². The predicted molar refractivity (Wildman–Crippen MR) is 93.6 cm³/mol. The van der Waals surface area contributed by atoms with Gasteiger partial charge in [0.1, 0.15) is 5.69 Å². The number of carbonyl (C=O) groups excluding carboxylic acids is 1. The Hall–Kier alpha value is -2.67. The van der Waals surface area contributed by atoms with Gasteiger partial charge >= 0.3 is 5.97 Å². The number of carboxylic acids is 1. The highest BCUT2D eigenvalue weighted by molar-refractivity contribution is 5.96. The van der Waals surface area contributed by atoms with Crippen molar-refractivity contribution in [3.63, 3.8) is 0 Å². The summed E-state index contributed by atoms with van der Waals surface area (Å²) in [5, 5.41) is 13.5. The number of amides is 1. The lowest BCUT2D eigenvalue weighted by Gasteiger charge is -2.43. The van der Waals surface area contributed by atoms with Gasteiger partial charge in [-0.15, -0.1) is 0 Å². The monoisotopic (exact) mass is 355 g/mol. The molecule has 1 saturated carbocycles. The van der Waals surface area contributed by atoms with Crippen LogP contribution in [0.5, 0.6) is 0 Å². The van der Waals surface area contributed by atoms with Gasteiger partial charge in [0.2, 0.25) is 0 Å². The summed E-state index contributed by atoms with van der Waals surface area (Å²) >= 11 is 0. The fourth-order valence-electron chi connectivity index (χ4n) is 3.90. The number of fused-ring (bicyclic) bond motifs is 1. The summed E-state index contributed by atoms with van der Waals surface area (Å²) in [5.41, 5.74) is 0.808. The van der Waals surface area contributed by atoms with Gasteiger partial charge in [-0.05, 0) is 25.0 Å². The number of carbonyl (C=O) groups is 2. The number of carboxylic acid groups (broad SMARTS) is 1. The number of aromatic nitrogens is 2. The Balaban J connectivity index is 1.72. The molecule has 4 rings (SSSR count).